The van der Waals surface area contributed by atoms with Crippen molar-refractivity contribution in [3.63, 3.8) is 0 Å². The number of aromatic nitrogens is 1. The molecule has 0 saturated carbocycles. The molecule has 1 aliphatic rings. The molecule has 1 aliphatic heterocycles. The molecular weight excluding hydrogens is 224 g/mol. The summed E-state index contributed by atoms with van der Waals surface area (Å²) in [6.07, 6.45) is 4.93. The first-order valence-corrected chi connectivity index (χ1v) is 6.67. The summed E-state index contributed by atoms with van der Waals surface area (Å²) >= 11 is 0. The van der Waals surface area contributed by atoms with Crippen molar-refractivity contribution in [3.8, 4) is 0 Å². The Balaban J connectivity index is 1.98. The monoisotopic (exact) mass is 246 g/mol. The van der Waals surface area contributed by atoms with Crippen molar-refractivity contribution < 1.29 is 4.79 Å². The van der Waals surface area contributed by atoms with Gasteiger partial charge in [0.25, 0.3) is 0 Å². The molecule has 0 bridgehead atoms. The summed E-state index contributed by atoms with van der Waals surface area (Å²) in [4.78, 5) is 17.3. The number of nitrogens with zero attached hydrogens (tertiary/aromatic N) is 2. The Hall–Kier alpha value is -1.38. The van der Waals surface area contributed by atoms with E-state index in [2.05, 4.69) is 30.7 Å². The van der Waals surface area contributed by atoms with Crippen LogP contribution in [0.15, 0.2) is 18.3 Å². The lowest BCUT2D eigenvalue weighted by atomic mass is 9.75. The van der Waals surface area contributed by atoms with Crippen LogP contribution in [0.3, 0.4) is 0 Å². The zero-order valence-corrected chi connectivity index (χ0v) is 11.5. The second-order valence-electron chi connectivity index (χ2n) is 6.19. The highest BCUT2D eigenvalue weighted by atomic mass is 16.1. The number of carbonyl (C=O) groups excluding carboxylic acids is 1. The molecule has 1 aromatic rings. The van der Waals surface area contributed by atoms with Gasteiger partial charge in [0.15, 0.2) is 6.29 Å². The average Bonchev–Trinajstić information content (AvgIpc) is 2.38. The molecule has 18 heavy (non-hydrogen) atoms. The molecule has 3 nitrogen and oxygen atoms in total. The summed E-state index contributed by atoms with van der Waals surface area (Å²) in [7, 11) is 0. The molecule has 0 radical (unpaired) electrons. The number of hydrogen-bond donors (Lipinski definition) is 0. The van der Waals surface area contributed by atoms with Crippen molar-refractivity contribution in [1.29, 1.82) is 0 Å². The number of pyridine rings is 1. The van der Waals surface area contributed by atoms with Gasteiger partial charge in [0.1, 0.15) is 5.82 Å². The van der Waals surface area contributed by atoms with Crippen LogP contribution in [0.5, 0.6) is 0 Å². The van der Waals surface area contributed by atoms with Crippen LogP contribution in [-0.2, 0) is 0 Å². The first kappa shape index (κ1) is 13.1. The molecular formula is C15H22N2O. The van der Waals surface area contributed by atoms with E-state index in [4.69, 9.17) is 0 Å². The summed E-state index contributed by atoms with van der Waals surface area (Å²) in [6.45, 7) is 9.10. The van der Waals surface area contributed by atoms with E-state index in [9.17, 15) is 4.79 Å². The van der Waals surface area contributed by atoms with E-state index >= 15 is 0 Å². The molecule has 3 heteroatoms. The van der Waals surface area contributed by atoms with E-state index in [1.807, 2.05) is 12.1 Å². The third-order valence-electron chi connectivity index (χ3n) is 3.95. The number of rotatable bonds is 2. The first-order valence-electron chi connectivity index (χ1n) is 6.67. The van der Waals surface area contributed by atoms with Gasteiger partial charge >= 0.3 is 0 Å². The average molecular weight is 246 g/mol. The topological polar surface area (TPSA) is 33.2 Å². The second kappa shape index (κ2) is 5.09. The standard InChI is InChI=1S/C15H22N2O/c1-15(2,3)13-6-8-17(9-7-13)14-5-4-12(11-18)10-16-14/h4-5,10-11,13H,6-9H2,1-3H3. The number of aldehydes is 1. The highest BCUT2D eigenvalue weighted by molar-refractivity contribution is 5.74. The van der Waals surface area contributed by atoms with E-state index in [1.54, 1.807) is 6.20 Å². The molecule has 0 aliphatic carbocycles. The maximum Gasteiger partial charge on any atom is 0.151 e. The van der Waals surface area contributed by atoms with Gasteiger partial charge < -0.3 is 4.90 Å². The van der Waals surface area contributed by atoms with Gasteiger partial charge in [-0.1, -0.05) is 20.8 Å². The Bertz CT molecular complexity index is 397. The van der Waals surface area contributed by atoms with Gasteiger partial charge in [-0.3, -0.25) is 4.79 Å². The van der Waals surface area contributed by atoms with E-state index in [1.165, 1.54) is 12.8 Å². The smallest absolute Gasteiger partial charge is 0.151 e. The summed E-state index contributed by atoms with van der Waals surface area (Å²) < 4.78 is 0. The minimum absolute atomic E-state index is 0.404. The zero-order valence-electron chi connectivity index (χ0n) is 11.5. The molecule has 0 atom stereocenters. The van der Waals surface area contributed by atoms with E-state index in [0.717, 1.165) is 31.1 Å². The highest BCUT2D eigenvalue weighted by Gasteiger charge is 2.28. The van der Waals surface area contributed by atoms with Crippen LogP contribution in [-0.4, -0.2) is 24.4 Å². The van der Waals surface area contributed by atoms with Crippen molar-refractivity contribution in [2.45, 2.75) is 33.6 Å². The van der Waals surface area contributed by atoms with Gasteiger partial charge in [0.05, 0.1) is 0 Å². The molecule has 2 rings (SSSR count). The van der Waals surface area contributed by atoms with Gasteiger partial charge in [-0.05, 0) is 36.3 Å². The van der Waals surface area contributed by atoms with Crippen molar-refractivity contribution in [1.82, 2.24) is 4.98 Å². The Labute approximate surface area is 109 Å². The fourth-order valence-corrected chi connectivity index (χ4v) is 2.63. The third-order valence-corrected chi connectivity index (χ3v) is 3.95. The van der Waals surface area contributed by atoms with Gasteiger partial charge in [-0.15, -0.1) is 0 Å². The van der Waals surface area contributed by atoms with E-state index in [0.29, 0.717) is 11.0 Å². The summed E-state index contributed by atoms with van der Waals surface area (Å²) in [5.41, 5.74) is 1.05. The molecule has 0 amide bonds. The van der Waals surface area contributed by atoms with Gasteiger partial charge in [-0.25, -0.2) is 4.98 Å². The van der Waals surface area contributed by atoms with Crippen molar-refractivity contribution in [2.75, 3.05) is 18.0 Å². The van der Waals surface area contributed by atoms with Gasteiger partial charge in [0, 0.05) is 24.8 Å². The maximum absolute atomic E-state index is 10.6. The van der Waals surface area contributed by atoms with Crippen LogP contribution in [0.4, 0.5) is 5.82 Å². The Morgan fingerprint density at radius 3 is 2.39 bits per heavy atom. The lowest BCUT2D eigenvalue weighted by Gasteiger charge is -2.39. The maximum atomic E-state index is 10.6. The molecule has 2 heterocycles. The van der Waals surface area contributed by atoms with Crippen LogP contribution < -0.4 is 4.90 Å². The minimum Gasteiger partial charge on any atom is -0.357 e. The Morgan fingerprint density at radius 2 is 1.94 bits per heavy atom. The van der Waals surface area contributed by atoms with Crippen molar-refractivity contribution in [2.24, 2.45) is 11.3 Å². The molecule has 0 unspecified atom stereocenters. The molecule has 1 saturated heterocycles. The third kappa shape index (κ3) is 2.89. The van der Waals surface area contributed by atoms with Crippen molar-refractivity contribution in [3.05, 3.63) is 23.9 Å². The largest absolute Gasteiger partial charge is 0.357 e. The predicted molar refractivity (Wildman–Crippen MR) is 74.0 cm³/mol. The van der Waals surface area contributed by atoms with Gasteiger partial charge in [-0.2, -0.15) is 0 Å². The second-order valence-corrected chi connectivity index (χ2v) is 6.19. The first-order chi connectivity index (χ1) is 8.50. The molecule has 1 fully saturated rings. The number of anilines is 1. The quantitative estimate of drug-likeness (QED) is 0.752. The molecule has 0 spiro atoms. The summed E-state index contributed by atoms with van der Waals surface area (Å²) in [5, 5.41) is 0. The van der Waals surface area contributed by atoms with E-state index < -0.39 is 0 Å². The minimum atomic E-state index is 0.404. The van der Waals surface area contributed by atoms with Crippen molar-refractivity contribution >= 4 is 12.1 Å². The van der Waals surface area contributed by atoms with Crippen LogP contribution in [0, 0.1) is 11.3 Å². The molecule has 98 valence electrons. The summed E-state index contributed by atoms with van der Waals surface area (Å²) in [5.74, 6) is 1.79. The molecule has 0 aromatic carbocycles. The number of piperidine rings is 1. The normalized spacial score (nSPS) is 17.8. The Kier molecular flexibility index (Phi) is 3.69. The van der Waals surface area contributed by atoms with E-state index in [-0.39, 0.29) is 0 Å². The number of carbonyl (C=O) groups is 1. The highest BCUT2D eigenvalue weighted by Crippen LogP contribution is 2.35. The number of hydrogen-bond acceptors (Lipinski definition) is 3. The summed E-state index contributed by atoms with van der Waals surface area (Å²) in [6, 6.07) is 3.78. The fourth-order valence-electron chi connectivity index (χ4n) is 2.63. The lowest BCUT2D eigenvalue weighted by Crippen LogP contribution is -2.38. The van der Waals surface area contributed by atoms with Crippen LogP contribution in [0.25, 0.3) is 0 Å². The molecule has 1 aromatic heterocycles. The van der Waals surface area contributed by atoms with Gasteiger partial charge in [0.2, 0.25) is 0 Å². The predicted octanol–water partition coefficient (Wildman–Crippen LogP) is 3.16. The fraction of sp³-hybridized carbons (Fsp3) is 0.600. The lowest BCUT2D eigenvalue weighted by molar-refractivity contribution is 0.112. The SMILES string of the molecule is CC(C)(C)C1CCN(c2ccc(C=O)cn2)CC1. The Morgan fingerprint density at radius 1 is 1.28 bits per heavy atom. The van der Waals surface area contributed by atoms with Crippen LogP contribution in [0.2, 0.25) is 0 Å². The zero-order chi connectivity index (χ0) is 13.2. The molecule has 0 N–H and O–H groups in total. The van der Waals surface area contributed by atoms with Crippen LogP contribution >= 0.6 is 0 Å². The van der Waals surface area contributed by atoms with Crippen LogP contribution in [0.1, 0.15) is 44.0 Å².